The molecule has 0 radical (unpaired) electrons. The lowest BCUT2D eigenvalue weighted by atomic mass is 10.0. The molecule has 5 nitrogen and oxygen atoms in total. The maximum Gasteiger partial charge on any atom is 0.409 e. The van der Waals surface area contributed by atoms with Crippen molar-refractivity contribution in [3.8, 4) is 0 Å². The van der Waals surface area contributed by atoms with Gasteiger partial charge in [0, 0.05) is 0 Å². The number of carboxylic acid groups (broad SMARTS) is 2. The Morgan fingerprint density at radius 3 is 2.12 bits per heavy atom. The molecule has 0 aliphatic carbocycles. The first kappa shape index (κ1) is 10.9. The van der Waals surface area contributed by atoms with Crippen LogP contribution in [0.15, 0.2) is 36.4 Å². The zero-order chi connectivity index (χ0) is 12.4. The van der Waals surface area contributed by atoms with E-state index in [2.05, 4.69) is 5.32 Å². The van der Waals surface area contributed by atoms with Crippen molar-refractivity contribution in [2.24, 2.45) is 0 Å². The second-order valence-corrected chi connectivity index (χ2v) is 3.48. The molecular formula is C12H9NO4. The number of rotatable bonds is 2. The molecule has 0 aliphatic rings. The molecule has 2 rings (SSSR count). The minimum absolute atomic E-state index is 0.0638. The topological polar surface area (TPSA) is 86.6 Å². The van der Waals surface area contributed by atoms with Crippen molar-refractivity contribution in [1.29, 1.82) is 0 Å². The lowest BCUT2D eigenvalue weighted by molar-refractivity contribution is 0.0698. The van der Waals surface area contributed by atoms with E-state index in [0.717, 1.165) is 10.8 Å². The summed E-state index contributed by atoms with van der Waals surface area (Å²) in [5.74, 6) is -1.17. The smallest absolute Gasteiger partial charge is 0.409 e. The quantitative estimate of drug-likeness (QED) is 0.741. The van der Waals surface area contributed by atoms with E-state index in [9.17, 15) is 9.59 Å². The van der Waals surface area contributed by atoms with Gasteiger partial charge in [-0.3, -0.25) is 5.32 Å². The van der Waals surface area contributed by atoms with E-state index < -0.39 is 12.1 Å². The van der Waals surface area contributed by atoms with E-state index in [1.165, 1.54) is 12.1 Å². The molecule has 3 N–H and O–H groups in total. The zero-order valence-corrected chi connectivity index (χ0v) is 8.68. The van der Waals surface area contributed by atoms with Crippen molar-refractivity contribution in [1.82, 2.24) is 0 Å². The maximum absolute atomic E-state index is 11.0. The predicted octanol–water partition coefficient (Wildman–Crippen LogP) is 2.63. The van der Waals surface area contributed by atoms with Crippen LogP contribution in [0.25, 0.3) is 10.8 Å². The summed E-state index contributed by atoms with van der Waals surface area (Å²) in [4.78, 5) is 21.6. The van der Waals surface area contributed by atoms with Crippen LogP contribution in [0.4, 0.5) is 10.5 Å². The number of carbonyl (C=O) groups is 2. The fourth-order valence-electron chi connectivity index (χ4n) is 1.64. The molecule has 86 valence electrons. The number of amides is 1. The first-order valence-corrected chi connectivity index (χ1v) is 4.84. The van der Waals surface area contributed by atoms with Crippen molar-refractivity contribution in [3.05, 3.63) is 42.0 Å². The van der Waals surface area contributed by atoms with Gasteiger partial charge in [0.1, 0.15) is 0 Å². The standard InChI is InChI=1S/C12H9NO4/c14-11(15)9-5-7-3-1-2-4-8(7)6-10(9)13-12(16)17/h1-6,13H,(H,14,15)(H,16,17). The molecule has 0 aromatic heterocycles. The third-order valence-electron chi connectivity index (χ3n) is 2.36. The Kier molecular flexibility index (Phi) is 2.66. The second-order valence-electron chi connectivity index (χ2n) is 3.48. The Morgan fingerprint density at radius 1 is 1.00 bits per heavy atom. The summed E-state index contributed by atoms with van der Waals surface area (Å²) in [6.07, 6.45) is -1.29. The van der Waals surface area contributed by atoms with Crippen molar-refractivity contribution >= 4 is 28.5 Å². The van der Waals surface area contributed by atoms with Gasteiger partial charge in [-0.2, -0.15) is 0 Å². The Labute approximate surface area is 96.3 Å². The van der Waals surface area contributed by atoms with Crippen LogP contribution in [0, 0.1) is 0 Å². The van der Waals surface area contributed by atoms with Crippen LogP contribution in [-0.2, 0) is 0 Å². The Bertz CT molecular complexity index is 606. The highest BCUT2D eigenvalue weighted by atomic mass is 16.4. The average Bonchev–Trinajstić information content (AvgIpc) is 2.27. The van der Waals surface area contributed by atoms with Gasteiger partial charge in [-0.1, -0.05) is 24.3 Å². The van der Waals surface area contributed by atoms with Gasteiger partial charge in [0.25, 0.3) is 0 Å². The lowest BCUT2D eigenvalue weighted by Gasteiger charge is -2.07. The van der Waals surface area contributed by atoms with Gasteiger partial charge >= 0.3 is 12.1 Å². The van der Waals surface area contributed by atoms with Gasteiger partial charge in [0.05, 0.1) is 11.3 Å². The number of hydrogen-bond donors (Lipinski definition) is 3. The Morgan fingerprint density at radius 2 is 1.59 bits per heavy atom. The highest BCUT2D eigenvalue weighted by Crippen LogP contribution is 2.24. The highest BCUT2D eigenvalue weighted by molar-refractivity contribution is 6.03. The normalized spacial score (nSPS) is 10.1. The molecule has 0 bridgehead atoms. The van der Waals surface area contributed by atoms with Crippen LogP contribution in [0.5, 0.6) is 0 Å². The number of benzene rings is 2. The highest BCUT2D eigenvalue weighted by Gasteiger charge is 2.13. The molecule has 0 heterocycles. The number of nitrogens with one attached hydrogen (secondary N) is 1. The average molecular weight is 231 g/mol. The van der Waals surface area contributed by atoms with Gasteiger partial charge in [-0.25, -0.2) is 9.59 Å². The number of hydrogen-bond acceptors (Lipinski definition) is 2. The maximum atomic E-state index is 11.0. The van der Waals surface area contributed by atoms with Gasteiger partial charge in [-0.05, 0) is 22.9 Å². The minimum atomic E-state index is -1.29. The summed E-state index contributed by atoms with van der Waals surface area (Å²) >= 11 is 0. The lowest BCUT2D eigenvalue weighted by Crippen LogP contribution is -2.11. The fraction of sp³-hybridized carbons (Fsp3) is 0. The van der Waals surface area contributed by atoms with Gasteiger partial charge in [0.15, 0.2) is 0 Å². The molecule has 1 amide bonds. The van der Waals surface area contributed by atoms with Crippen LogP contribution in [0.2, 0.25) is 0 Å². The third-order valence-corrected chi connectivity index (χ3v) is 2.36. The van der Waals surface area contributed by atoms with Gasteiger partial charge in [0.2, 0.25) is 0 Å². The zero-order valence-electron chi connectivity index (χ0n) is 8.68. The summed E-state index contributed by atoms with van der Waals surface area (Å²) in [6.45, 7) is 0. The van der Waals surface area contributed by atoms with Gasteiger partial charge in [-0.15, -0.1) is 0 Å². The van der Waals surface area contributed by atoms with Crippen molar-refractivity contribution < 1.29 is 19.8 Å². The van der Waals surface area contributed by atoms with E-state index in [-0.39, 0.29) is 11.3 Å². The molecule has 0 atom stereocenters. The summed E-state index contributed by atoms with van der Waals surface area (Å²) in [5, 5.41) is 21.3. The SMILES string of the molecule is O=C(O)Nc1cc2ccccc2cc1C(=O)O. The Balaban J connectivity index is 2.66. The third kappa shape index (κ3) is 2.17. The first-order chi connectivity index (χ1) is 8.08. The van der Waals surface area contributed by atoms with Crippen molar-refractivity contribution in [3.63, 3.8) is 0 Å². The molecule has 0 spiro atoms. The van der Waals surface area contributed by atoms with E-state index in [4.69, 9.17) is 10.2 Å². The largest absolute Gasteiger partial charge is 0.478 e. The molecule has 17 heavy (non-hydrogen) atoms. The van der Waals surface area contributed by atoms with Crippen LogP contribution in [0.3, 0.4) is 0 Å². The van der Waals surface area contributed by atoms with Crippen LogP contribution in [-0.4, -0.2) is 22.3 Å². The van der Waals surface area contributed by atoms with Crippen molar-refractivity contribution in [2.75, 3.05) is 5.32 Å². The Hall–Kier alpha value is -2.56. The minimum Gasteiger partial charge on any atom is -0.478 e. The van der Waals surface area contributed by atoms with Crippen LogP contribution >= 0.6 is 0 Å². The first-order valence-electron chi connectivity index (χ1n) is 4.84. The van der Waals surface area contributed by atoms with Crippen LogP contribution < -0.4 is 5.32 Å². The second kappa shape index (κ2) is 4.13. The van der Waals surface area contributed by atoms with Gasteiger partial charge < -0.3 is 10.2 Å². The number of fused-ring (bicyclic) bond motifs is 1. The number of aromatic carboxylic acids is 1. The summed E-state index contributed by atoms with van der Waals surface area (Å²) in [6, 6.07) is 10.1. The fourth-order valence-corrected chi connectivity index (χ4v) is 1.64. The van der Waals surface area contributed by atoms with Crippen LogP contribution in [0.1, 0.15) is 10.4 Å². The van der Waals surface area contributed by atoms with E-state index in [0.29, 0.717) is 0 Å². The molecule has 2 aromatic rings. The number of anilines is 1. The molecule has 0 fully saturated rings. The molecular weight excluding hydrogens is 222 g/mol. The summed E-state index contributed by atoms with van der Waals surface area (Å²) in [5.41, 5.74) is 0.00907. The molecule has 0 unspecified atom stereocenters. The summed E-state index contributed by atoms with van der Waals surface area (Å²) < 4.78 is 0. The van der Waals surface area contributed by atoms with E-state index in [1.54, 1.807) is 24.3 Å². The number of carboxylic acids is 1. The molecule has 0 aliphatic heterocycles. The monoisotopic (exact) mass is 231 g/mol. The van der Waals surface area contributed by atoms with E-state index >= 15 is 0 Å². The van der Waals surface area contributed by atoms with Crippen molar-refractivity contribution in [2.45, 2.75) is 0 Å². The van der Waals surface area contributed by atoms with E-state index in [1.807, 2.05) is 0 Å². The molecule has 0 saturated heterocycles. The molecule has 2 aromatic carbocycles. The molecule has 5 heteroatoms. The summed E-state index contributed by atoms with van der Waals surface area (Å²) in [7, 11) is 0. The predicted molar refractivity (Wildman–Crippen MR) is 62.6 cm³/mol. The molecule has 0 saturated carbocycles.